The molecule has 1 aliphatic rings. The topological polar surface area (TPSA) is 20.3 Å². The van der Waals surface area contributed by atoms with E-state index in [1.165, 1.54) is 0 Å². The third-order valence-electron chi connectivity index (χ3n) is 2.82. The molecular formula is C10H18ClNO. The van der Waals surface area contributed by atoms with E-state index in [9.17, 15) is 4.79 Å². The molecule has 0 aromatic carbocycles. The Labute approximate surface area is 85.2 Å². The van der Waals surface area contributed by atoms with Crippen molar-refractivity contribution in [3.8, 4) is 0 Å². The summed E-state index contributed by atoms with van der Waals surface area (Å²) in [5.74, 6) is 1.46. The van der Waals surface area contributed by atoms with E-state index < -0.39 is 0 Å². The first-order valence-corrected chi connectivity index (χ1v) is 5.47. The molecule has 0 radical (unpaired) electrons. The maximum Gasteiger partial charge on any atom is 0.225 e. The fourth-order valence-corrected chi connectivity index (χ4v) is 2.32. The highest BCUT2D eigenvalue weighted by molar-refractivity contribution is 6.18. The predicted molar refractivity (Wildman–Crippen MR) is 54.8 cm³/mol. The molecule has 2 unspecified atom stereocenters. The summed E-state index contributed by atoms with van der Waals surface area (Å²) >= 11 is 5.85. The Morgan fingerprint density at radius 2 is 2.23 bits per heavy atom. The lowest BCUT2D eigenvalue weighted by atomic mass is 10.0. The summed E-state index contributed by atoms with van der Waals surface area (Å²) in [5, 5.41) is 0. The van der Waals surface area contributed by atoms with Gasteiger partial charge in [0, 0.05) is 24.4 Å². The molecule has 1 heterocycles. The molecule has 0 N–H and O–H groups in total. The van der Waals surface area contributed by atoms with Crippen LogP contribution in [-0.2, 0) is 4.79 Å². The summed E-state index contributed by atoms with van der Waals surface area (Å²) < 4.78 is 0. The first-order valence-electron chi connectivity index (χ1n) is 4.94. The monoisotopic (exact) mass is 203 g/mol. The highest BCUT2D eigenvalue weighted by Crippen LogP contribution is 2.26. The van der Waals surface area contributed by atoms with Crippen LogP contribution in [-0.4, -0.2) is 29.3 Å². The maximum atomic E-state index is 11.7. The minimum atomic E-state index is 0.0935. The lowest BCUT2D eigenvalue weighted by Gasteiger charge is -2.26. The van der Waals surface area contributed by atoms with E-state index in [0.29, 0.717) is 11.8 Å². The summed E-state index contributed by atoms with van der Waals surface area (Å²) in [6, 6.07) is 0.261. The summed E-state index contributed by atoms with van der Waals surface area (Å²) in [4.78, 5) is 13.7. The summed E-state index contributed by atoms with van der Waals surface area (Å²) in [7, 11) is 0. The molecule has 1 aliphatic heterocycles. The molecule has 1 saturated heterocycles. The largest absolute Gasteiger partial charge is 0.338 e. The van der Waals surface area contributed by atoms with Crippen molar-refractivity contribution in [2.75, 3.05) is 12.4 Å². The van der Waals surface area contributed by atoms with Crippen LogP contribution in [0.5, 0.6) is 0 Å². The maximum absolute atomic E-state index is 11.7. The zero-order valence-corrected chi connectivity index (χ0v) is 9.34. The van der Waals surface area contributed by atoms with Crippen molar-refractivity contribution in [3.05, 3.63) is 0 Å². The second-order valence-corrected chi connectivity index (χ2v) is 4.48. The number of alkyl halides is 1. The molecule has 0 saturated carbocycles. The van der Waals surface area contributed by atoms with Crippen LogP contribution in [0, 0.1) is 11.8 Å². The van der Waals surface area contributed by atoms with E-state index in [2.05, 4.69) is 6.92 Å². The predicted octanol–water partition coefficient (Wildman–Crippen LogP) is 2.12. The standard InChI is InChI=1S/C10H18ClNO/c1-7(2)10(13)12-5-4-8(3)9(12)6-11/h7-9H,4-6H2,1-3H3. The van der Waals surface area contributed by atoms with Gasteiger partial charge in [-0.15, -0.1) is 11.6 Å². The number of rotatable bonds is 2. The second kappa shape index (κ2) is 4.32. The van der Waals surface area contributed by atoms with Crippen molar-refractivity contribution in [3.63, 3.8) is 0 Å². The summed E-state index contributed by atoms with van der Waals surface area (Å²) in [6.07, 6.45) is 1.09. The normalized spacial score (nSPS) is 28.5. The third-order valence-corrected chi connectivity index (χ3v) is 3.13. The fraction of sp³-hybridized carbons (Fsp3) is 0.900. The Morgan fingerprint density at radius 1 is 1.62 bits per heavy atom. The Balaban J connectivity index is 2.65. The first kappa shape index (κ1) is 10.8. The van der Waals surface area contributed by atoms with Gasteiger partial charge in [-0.25, -0.2) is 0 Å². The molecule has 0 aromatic rings. The third kappa shape index (κ3) is 2.16. The van der Waals surface area contributed by atoms with Crippen molar-refractivity contribution in [1.29, 1.82) is 0 Å². The number of hydrogen-bond donors (Lipinski definition) is 0. The van der Waals surface area contributed by atoms with Gasteiger partial charge >= 0.3 is 0 Å². The smallest absolute Gasteiger partial charge is 0.225 e. The van der Waals surface area contributed by atoms with Gasteiger partial charge in [0.25, 0.3) is 0 Å². The summed E-state index contributed by atoms with van der Waals surface area (Å²) in [5.41, 5.74) is 0. The SMILES string of the molecule is CC(C)C(=O)N1CCC(C)C1CCl. The Hall–Kier alpha value is -0.240. The van der Waals surface area contributed by atoms with Crippen LogP contribution in [0.2, 0.25) is 0 Å². The van der Waals surface area contributed by atoms with Crippen molar-refractivity contribution >= 4 is 17.5 Å². The lowest BCUT2D eigenvalue weighted by Crippen LogP contribution is -2.40. The van der Waals surface area contributed by atoms with Crippen LogP contribution in [0.15, 0.2) is 0 Å². The molecule has 2 atom stereocenters. The van der Waals surface area contributed by atoms with Gasteiger partial charge in [-0.2, -0.15) is 0 Å². The molecule has 76 valence electrons. The molecular weight excluding hydrogens is 186 g/mol. The molecule has 1 rings (SSSR count). The van der Waals surface area contributed by atoms with Crippen molar-refractivity contribution in [2.24, 2.45) is 11.8 Å². The molecule has 13 heavy (non-hydrogen) atoms. The average molecular weight is 204 g/mol. The number of amides is 1. The van der Waals surface area contributed by atoms with Crippen LogP contribution in [0.1, 0.15) is 27.2 Å². The van der Waals surface area contributed by atoms with E-state index in [4.69, 9.17) is 11.6 Å². The van der Waals surface area contributed by atoms with Crippen LogP contribution < -0.4 is 0 Å². The van der Waals surface area contributed by atoms with Gasteiger partial charge in [0.05, 0.1) is 0 Å². The van der Waals surface area contributed by atoms with E-state index in [-0.39, 0.29) is 17.9 Å². The van der Waals surface area contributed by atoms with Gasteiger partial charge in [-0.3, -0.25) is 4.79 Å². The van der Waals surface area contributed by atoms with Gasteiger partial charge in [0.1, 0.15) is 0 Å². The number of carbonyl (C=O) groups is 1. The molecule has 1 fully saturated rings. The molecule has 3 heteroatoms. The van der Waals surface area contributed by atoms with Crippen LogP contribution in [0.3, 0.4) is 0 Å². The van der Waals surface area contributed by atoms with E-state index in [1.807, 2.05) is 18.7 Å². The Morgan fingerprint density at radius 3 is 2.69 bits per heavy atom. The number of likely N-dealkylation sites (tertiary alicyclic amines) is 1. The zero-order valence-electron chi connectivity index (χ0n) is 8.59. The molecule has 0 bridgehead atoms. The van der Waals surface area contributed by atoms with Crippen LogP contribution in [0.4, 0.5) is 0 Å². The Bertz CT molecular complexity index is 193. The van der Waals surface area contributed by atoms with Gasteiger partial charge < -0.3 is 4.90 Å². The van der Waals surface area contributed by atoms with Crippen molar-refractivity contribution in [2.45, 2.75) is 33.2 Å². The van der Waals surface area contributed by atoms with Crippen molar-refractivity contribution < 1.29 is 4.79 Å². The minimum Gasteiger partial charge on any atom is -0.338 e. The van der Waals surface area contributed by atoms with Gasteiger partial charge in [-0.05, 0) is 12.3 Å². The fourth-order valence-electron chi connectivity index (χ4n) is 1.85. The Kier molecular flexibility index (Phi) is 3.60. The van der Waals surface area contributed by atoms with Crippen LogP contribution >= 0.6 is 11.6 Å². The molecule has 0 spiro atoms. The lowest BCUT2D eigenvalue weighted by molar-refractivity contribution is -0.135. The van der Waals surface area contributed by atoms with Crippen molar-refractivity contribution in [1.82, 2.24) is 4.90 Å². The zero-order chi connectivity index (χ0) is 10.0. The quantitative estimate of drug-likeness (QED) is 0.630. The van der Waals surface area contributed by atoms with Gasteiger partial charge in [0.15, 0.2) is 0 Å². The van der Waals surface area contributed by atoms with Crippen LogP contribution in [0.25, 0.3) is 0 Å². The summed E-state index contributed by atoms with van der Waals surface area (Å²) in [6.45, 7) is 6.93. The molecule has 0 aliphatic carbocycles. The van der Waals surface area contributed by atoms with Gasteiger partial charge in [-0.1, -0.05) is 20.8 Å². The first-order chi connectivity index (χ1) is 6.07. The average Bonchev–Trinajstić information content (AvgIpc) is 2.45. The molecule has 2 nitrogen and oxygen atoms in total. The molecule has 1 amide bonds. The second-order valence-electron chi connectivity index (χ2n) is 4.17. The van der Waals surface area contributed by atoms with E-state index in [1.54, 1.807) is 0 Å². The molecule has 0 aromatic heterocycles. The number of nitrogens with zero attached hydrogens (tertiary/aromatic N) is 1. The number of carbonyl (C=O) groups excluding carboxylic acids is 1. The number of halogens is 1. The van der Waals surface area contributed by atoms with Gasteiger partial charge in [0.2, 0.25) is 5.91 Å². The highest BCUT2D eigenvalue weighted by Gasteiger charge is 2.34. The number of hydrogen-bond acceptors (Lipinski definition) is 1. The minimum absolute atomic E-state index is 0.0935. The van der Waals surface area contributed by atoms with E-state index in [0.717, 1.165) is 13.0 Å². The van der Waals surface area contributed by atoms with E-state index >= 15 is 0 Å². The highest BCUT2D eigenvalue weighted by atomic mass is 35.5.